The molecule has 2 amide bonds. The fraction of sp³-hybridized carbons (Fsp3) is 0.375. The van der Waals surface area contributed by atoms with Gasteiger partial charge in [-0.05, 0) is 24.6 Å². The zero-order chi connectivity index (χ0) is 19.9. The number of rotatable bonds is 4. The van der Waals surface area contributed by atoms with Gasteiger partial charge in [-0.25, -0.2) is 4.72 Å². The molecule has 0 aliphatic carbocycles. The largest absolute Gasteiger partial charge is 0.347 e. The van der Waals surface area contributed by atoms with Gasteiger partial charge in [0.05, 0.1) is 10.0 Å². The van der Waals surface area contributed by atoms with Gasteiger partial charge >= 0.3 is 10.2 Å². The number of aromatic nitrogens is 1. The third kappa shape index (κ3) is 3.91. The molecule has 0 radical (unpaired) electrons. The Morgan fingerprint density at radius 1 is 1.26 bits per heavy atom. The molecule has 27 heavy (non-hydrogen) atoms. The first-order valence-electron chi connectivity index (χ1n) is 8.13. The third-order valence-corrected chi connectivity index (χ3v) is 6.82. The van der Waals surface area contributed by atoms with Gasteiger partial charge in [-0.15, -0.1) is 0 Å². The first kappa shape index (κ1) is 19.9. The van der Waals surface area contributed by atoms with Crippen LogP contribution >= 0.6 is 23.2 Å². The molecule has 3 rings (SSSR count). The van der Waals surface area contributed by atoms with E-state index in [0.717, 1.165) is 16.7 Å². The predicted molar refractivity (Wildman–Crippen MR) is 103 cm³/mol. The molecule has 1 atom stereocenters. The van der Waals surface area contributed by atoms with Crippen molar-refractivity contribution in [3.63, 3.8) is 0 Å². The van der Waals surface area contributed by atoms with Crippen molar-refractivity contribution in [2.24, 2.45) is 7.05 Å². The van der Waals surface area contributed by atoms with E-state index in [9.17, 15) is 18.0 Å². The van der Waals surface area contributed by atoms with Crippen LogP contribution in [0.2, 0.25) is 10.0 Å². The highest BCUT2D eigenvalue weighted by Gasteiger charge is 2.33. The van der Waals surface area contributed by atoms with Gasteiger partial charge < -0.3 is 9.88 Å². The van der Waals surface area contributed by atoms with E-state index >= 15 is 0 Å². The summed E-state index contributed by atoms with van der Waals surface area (Å²) in [5, 5.41) is 4.27. The maximum absolute atomic E-state index is 12.7. The zero-order valence-corrected chi connectivity index (χ0v) is 17.0. The lowest BCUT2D eigenvalue weighted by Gasteiger charge is -2.17. The molecule has 1 unspecified atom stereocenters. The molecule has 2 aromatic rings. The molecule has 1 fully saturated rings. The maximum Gasteiger partial charge on any atom is 0.303 e. The van der Waals surface area contributed by atoms with E-state index in [-0.39, 0.29) is 25.0 Å². The molecule has 2 N–H and O–H groups in total. The highest BCUT2D eigenvalue weighted by molar-refractivity contribution is 7.87. The van der Waals surface area contributed by atoms with Crippen molar-refractivity contribution in [3.8, 4) is 0 Å². The Morgan fingerprint density at radius 2 is 1.96 bits per heavy atom. The number of hydrogen-bond acceptors (Lipinski definition) is 4. The van der Waals surface area contributed by atoms with Gasteiger partial charge in [0.1, 0.15) is 5.69 Å². The average molecular weight is 433 g/mol. The highest BCUT2D eigenvalue weighted by atomic mass is 35.5. The van der Waals surface area contributed by atoms with Gasteiger partial charge in [-0.1, -0.05) is 23.2 Å². The lowest BCUT2D eigenvalue weighted by atomic mass is 10.2. The second kappa shape index (κ2) is 7.31. The van der Waals surface area contributed by atoms with Gasteiger partial charge in [-0.3, -0.25) is 9.59 Å². The number of halogens is 2. The Morgan fingerprint density at radius 3 is 2.63 bits per heavy atom. The van der Waals surface area contributed by atoms with E-state index < -0.39 is 16.1 Å². The zero-order valence-electron chi connectivity index (χ0n) is 14.6. The van der Waals surface area contributed by atoms with Crippen LogP contribution in [0, 0.1) is 0 Å². The maximum atomic E-state index is 12.7. The number of nitrogens with one attached hydrogen (secondary N) is 2. The smallest absolute Gasteiger partial charge is 0.303 e. The molecule has 1 aliphatic heterocycles. The summed E-state index contributed by atoms with van der Waals surface area (Å²) in [4.78, 5) is 23.7. The van der Waals surface area contributed by atoms with Gasteiger partial charge in [0.2, 0.25) is 5.91 Å². The third-order valence-electron chi connectivity index (χ3n) is 4.44. The fourth-order valence-corrected chi connectivity index (χ4v) is 4.73. The van der Waals surface area contributed by atoms with Gasteiger partial charge in [0.25, 0.3) is 5.91 Å². The molecule has 2 heterocycles. The Kier molecular flexibility index (Phi) is 5.40. The minimum atomic E-state index is -3.89. The normalized spacial score (nSPS) is 18.0. The van der Waals surface area contributed by atoms with E-state index in [1.807, 2.05) is 4.72 Å². The Hall–Kier alpha value is -1.81. The van der Waals surface area contributed by atoms with Crippen molar-refractivity contribution in [1.29, 1.82) is 0 Å². The Bertz CT molecular complexity index is 1030. The molecule has 146 valence electrons. The summed E-state index contributed by atoms with van der Waals surface area (Å²) in [5.74, 6) is -1.00. The standard InChI is InChI=1S/C16H18Cl2N4O4S/c1-9(23)20-27(25,26)22-6-5-10(8-22)19-16(24)14-7-11-13(21(14)2)4-3-12(17)15(11)18/h3-4,7,10H,5-6,8H2,1-2H3,(H,19,24)(H,20,23). The molecule has 0 saturated carbocycles. The van der Waals surface area contributed by atoms with Crippen molar-refractivity contribution >= 4 is 56.1 Å². The van der Waals surface area contributed by atoms with Crippen LogP contribution in [0.3, 0.4) is 0 Å². The van der Waals surface area contributed by atoms with Crippen LogP contribution in [-0.2, 0) is 22.1 Å². The molecule has 0 spiro atoms. The second-order valence-corrected chi connectivity index (χ2v) is 8.82. The number of nitrogens with zero attached hydrogens (tertiary/aromatic N) is 2. The summed E-state index contributed by atoms with van der Waals surface area (Å²) in [6.45, 7) is 1.43. The monoisotopic (exact) mass is 432 g/mol. The SMILES string of the molecule is CC(=O)NS(=O)(=O)N1CCC(NC(=O)c2cc3c(Cl)c(Cl)ccc3n2C)C1. The molecule has 11 heteroatoms. The minimum absolute atomic E-state index is 0.0882. The number of carbonyl (C=O) groups excluding carboxylic acids is 2. The van der Waals surface area contributed by atoms with Crippen LogP contribution in [0.15, 0.2) is 18.2 Å². The summed E-state index contributed by atoms with van der Waals surface area (Å²) >= 11 is 12.2. The summed E-state index contributed by atoms with van der Waals surface area (Å²) < 4.78 is 28.8. The first-order valence-corrected chi connectivity index (χ1v) is 10.3. The molecular weight excluding hydrogens is 415 g/mol. The van der Waals surface area contributed by atoms with Crippen LogP contribution in [0.4, 0.5) is 0 Å². The van der Waals surface area contributed by atoms with E-state index in [0.29, 0.717) is 27.5 Å². The number of carbonyl (C=O) groups is 2. The van der Waals surface area contributed by atoms with E-state index in [1.165, 1.54) is 0 Å². The summed E-state index contributed by atoms with van der Waals surface area (Å²) in [6, 6.07) is 4.73. The average Bonchev–Trinajstić information content (AvgIpc) is 3.16. The van der Waals surface area contributed by atoms with Gasteiger partial charge in [0, 0.05) is 44.0 Å². The van der Waals surface area contributed by atoms with E-state index in [2.05, 4.69) is 5.32 Å². The molecule has 1 saturated heterocycles. The summed E-state index contributed by atoms with van der Waals surface area (Å²) in [6.07, 6.45) is 0.446. The van der Waals surface area contributed by atoms with E-state index in [1.54, 1.807) is 29.8 Å². The number of benzene rings is 1. The van der Waals surface area contributed by atoms with Crippen LogP contribution in [-0.4, -0.2) is 48.2 Å². The lowest BCUT2D eigenvalue weighted by Crippen LogP contribution is -2.44. The molecule has 1 aromatic carbocycles. The molecule has 0 bridgehead atoms. The van der Waals surface area contributed by atoms with Crippen LogP contribution in [0.5, 0.6) is 0 Å². The van der Waals surface area contributed by atoms with Crippen molar-refractivity contribution in [1.82, 2.24) is 18.9 Å². The summed E-state index contributed by atoms with van der Waals surface area (Å²) in [5.41, 5.74) is 1.15. The Labute approximate surface area is 166 Å². The number of amides is 2. The van der Waals surface area contributed by atoms with Crippen molar-refractivity contribution < 1.29 is 18.0 Å². The fourth-order valence-electron chi connectivity index (χ4n) is 3.14. The highest BCUT2D eigenvalue weighted by Crippen LogP contribution is 2.32. The predicted octanol–water partition coefficient (Wildman–Crippen LogP) is 1.67. The summed E-state index contributed by atoms with van der Waals surface area (Å²) in [7, 11) is -2.15. The van der Waals surface area contributed by atoms with Crippen LogP contribution in [0.25, 0.3) is 10.9 Å². The number of aryl methyl sites for hydroxylation is 1. The number of hydrogen-bond donors (Lipinski definition) is 2. The molecule has 1 aromatic heterocycles. The topological polar surface area (TPSA) is 101 Å². The quantitative estimate of drug-likeness (QED) is 0.766. The Balaban J connectivity index is 1.75. The van der Waals surface area contributed by atoms with Crippen molar-refractivity contribution in [2.75, 3.05) is 13.1 Å². The van der Waals surface area contributed by atoms with Crippen molar-refractivity contribution in [2.45, 2.75) is 19.4 Å². The number of fused-ring (bicyclic) bond motifs is 1. The molecule has 1 aliphatic rings. The first-order chi connectivity index (χ1) is 12.6. The minimum Gasteiger partial charge on any atom is -0.347 e. The molecule has 8 nitrogen and oxygen atoms in total. The van der Waals surface area contributed by atoms with Crippen LogP contribution < -0.4 is 10.0 Å². The van der Waals surface area contributed by atoms with Gasteiger partial charge in [0.15, 0.2) is 0 Å². The lowest BCUT2D eigenvalue weighted by molar-refractivity contribution is -0.117. The van der Waals surface area contributed by atoms with E-state index in [4.69, 9.17) is 23.2 Å². The van der Waals surface area contributed by atoms with Gasteiger partial charge in [-0.2, -0.15) is 12.7 Å². The van der Waals surface area contributed by atoms with Crippen molar-refractivity contribution in [3.05, 3.63) is 33.9 Å². The molecular formula is C16H18Cl2N4O4S. The second-order valence-electron chi connectivity index (χ2n) is 6.36. The van der Waals surface area contributed by atoms with Crippen LogP contribution in [0.1, 0.15) is 23.8 Å².